The van der Waals surface area contributed by atoms with Crippen LogP contribution in [0.2, 0.25) is 0 Å². The number of rotatable bonds is 0. The Bertz CT molecular complexity index is 806. The summed E-state index contributed by atoms with van der Waals surface area (Å²) in [5.41, 5.74) is 2.03. The maximum Gasteiger partial charge on any atom is 0.306 e. The van der Waals surface area contributed by atoms with Gasteiger partial charge in [0.05, 0.1) is 0 Å². The van der Waals surface area contributed by atoms with Crippen LogP contribution >= 0.6 is 0 Å². The number of ether oxygens (including phenoxy) is 1. The number of hydrogen-bond acceptors (Lipinski definition) is 3. The molecule has 1 saturated heterocycles. The normalized spacial score (nSPS) is 56.1. The standard InChI is InChI=1S/C24H30O3/c1-22-6-4-14-15-3-2-13(25)10-18(15)23(8-9-23)12-17(14)21(22)16-11-19(16)24(22)7-5-20(26)27-24/h10,14-17,19,21H,2-9,11-12H2,1H3/t14?,15?,16-,17?,19?,21?,22?,24-/m0/s1. The molecule has 6 unspecified atom stereocenters. The quantitative estimate of drug-likeness (QED) is 0.595. The molecule has 144 valence electrons. The van der Waals surface area contributed by atoms with Crippen molar-refractivity contribution < 1.29 is 14.3 Å². The van der Waals surface area contributed by atoms with E-state index < -0.39 is 0 Å². The van der Waals surface area contributed by atoms with E-state index in [0.29, 0.717) is 29.5 Å². The molecule has 1 aliphatic heterocycles. The van der Waals surface area contributed by atoms with E-state index >= 15 is 0 Å². The molecule has 8 atom stereocenters. The predicted octanol–water partition coefficient (Wildman–Crippen LogP) is 4.45. The molecule has 7 rings (SSSR count). The molecular formula is C24H30O3. The number of carbonyl (C=O) groups excluding carboxylic acids is 2. The Morgan fingerprint density at radius 3 is 2.59 bits per heavy atom. The minimum atomic E-state index is -0.125. The molecule has 3 heteroatoms. The minimum Gasteiger partial charge on any atom is -0.458 e. The highest BCUT2D eigenvalue weighted by atomic mass is 16.6. The van der Waals surface area contributed by atoms with Gasteiger partial charge in [0.1, 0.15) is 5.60 Å². The lowest BCUT2D eigenvalue weighted by atomic mass is 9.47. The summed E-state index contributed by atoms with van der Waals surface area (Å²) in [6.07, 6.45) is 13.3. The van der Waals surface area contributed by atoms with Crippen LogP contribution in [0, 0.1) is 46.3 Å². The van der Waals surface area contributed by atoms with Gasteiger partial charge in [-0.2, -0.15) is 0 Å². The molecule has 7 aliphatic rings. The summed E-state index contributed by atoms with van der Waals surface area (Å²) in [5.74, 6) is 4.90. The number of ketones is 1. The van der Waals surface area contributed by atoms with Gasteiger partial charge in [-0.15, -0.1) is 0 Å². The average molecular weight is 367 g/mol. The molecule has 5 saturated carbocycles. The molecule has 0 aromatic heterocycles. The first-order valence-electron chi connectivity index (χ1n) is 11.4. The van der Waals surface area contributed by atoms with Crippen molar-refractivity contribution in [3.05, 3.63) is 11.6 Å². The molecule has 0 bridgehead atoms. The first kappa shape index (κ1) is 15.8. The van der Waals surface area contributed by atoms with Crippen LogP contribution in [-0.2, 0) is 14.3 Å². The van der Waals surface area contributed by atoms with Crippen molar-refractivity contribution in [2.75, 3.05) is 0 Å². The molecule has 2 spiro atoms. The fraction of sp³-hybridized carbons (Fsp3) is 0.833. The lowest BCUT2D eigenvalue weighted by Crippen LogP contribution is -2.56. The molecule has 0 radical (unpaired) electrons. The van der Waals surface area contributed by atoms with Gasteiger partial charge in [0.25, 0.3) is 0 Å². The van der Waals surface area contributed by atoms with Gasteiger partial charge >= 0.3 is 5.97 Å². The maximum absolute atomic E-state index is 12.2. The maximum atomic E-state index is 12.2. The molecule has 0 N–H and O–H groups in total. The van der Waals surface area contributed by atoms with Crippen LogP contribution in [0.15, 0.2) is 11.6 Å². The third-order valence-electron chi connectivity index (χ3n) is 10.6. The number of esters is 1. The zero-order chi connectivity index (χ0) is 18.2. The summed E-state index contributed by atoms with van der Waals surface area (Å²) >= 11 is 0. The van der Waals surface area contributed by atoms with Gasteiger partial charge in [-0.3, -0.25) is 9.59 Å². The minimum absolute atomic E-state index is 0.0583. The van der Waals surface area contributed by atoms with Crippen molar-refractivity contribution in [2.24, 2.45) is 46.3 Å². The zero-order valence-electron chi connectivity index (χ0n) is 16.3. The van der Waals surface area contributed by atoms with Crippen LogP contribution in [0.1, 0.15) is 71.1 Å². The second kappa shape index (κ2) is 4.54. The van der Waals surface area contributed by atoms with E-state index in [2.05, 4.69) is 13.0 Å². The topological polar surface area (TPSA) is 43.4 Å². The summed E-state index contributed by atoms with van der Waals surface area (Å²) in [6.45, 7) is 2.49. The summed E-state index contributed by atoms with van der Waals surface area (Å²) in [5, 5.41) is 0. The molecule has 0 aromatic carbocycles. The Kier molecular flexibility index (Phi) is 2.65. The van der Waals surface area contributed by atoms with Gasteiger partial charge in [-0.1, -0.05) is 12.5 Å². The first-order chi connectivity index (χ1) is 13.0. The molecule has 6 aliphatic carbocycles. The summed E-state index contributed by atoms with van der Waals surface area (Å²) < 4.78 is 6.21. The number of carbonyl (C=O) groups is 2. The molecular weight excluding hydrogens is 336 g/mol. The number of allylic oxidation sites excluding steroid dienone is 1. The van der Waals surface area contributed by atoms with E-state index in [9.17, 15) is 9.59 Å². The highest BCUT2D eigenvalue weighted by molar-refractivity contribution is 5.91. The van der Waals surface area contributed by atoms with Gasteiger partial charge in [0, 0.05) is 24.2 Å². The summed E-state index contributed by atoms with van der Waals surface area (Å²) in [6, 6.07) is 0. The molecule has 1 heterocycles. The Balaban J connectivity index is 1.31. The smallest absolute Gasteiger partial charge is 0.306 e. The highest BCUT2D eigenvalue weighted by Crippen LogP contribution is 2.80. The van der Waals surface area contributed by atoms with Crippen LogP contribution in [-0.4, -0.2) is 17.4 Å². The first-order valence-corrected chi connectivity index (χ1v) is 11.4. The largest absolute Gasteiger partial charge is 0.458 e. The van der Waals surface area contributed by atoms with Gasteiger partial charge in [-0.05, 0) is 92.4 Å². The second-order valence-corrected chi connectivity index (χ2v) is 11.4. The molecule has 6 fully saturated rings. The molecule has 0 amide bonds. The third kappa shape index (κ3) is 1.69. The predicted molar refractivity (Wildman–Crippen MR) is 99.6 cm³/mol. The molecule has 0 aromatic rings. The average Bonchev–Trinajstić information content (AvgIpc) is 3.54. The Morgan fingerprint density at radius 1 is 1.00 bits per heavy atom. The second-order valence-electron chi connectivity index (χ2n) is 11.4. The lowest BCUT2D eigenvalue weighted by Gasteiger charge is -2.58. The van der Waals surface area contributed by atoms with Crippen molar-refractivity contribution in [1.82, 2.24) is 0 Å². The monoisotopic (exact) mass is 366 g/mol. The molecule has 27 heavy (non-hydrogen) atoms. The zero-order valence-corrected chi connectivity index (χ0v) is 16.3. The van der Waals surface area contributed by atoms with Crippen LogP contribution in [0.25, 0.3) is 0 Å². The van der Waals surface area contributed by atoms with E-state index in [0.717, 1.165) is 42.9 Å². The number of fused-ring (bicyclic) bond motifs is 10. The van der Waals surface area contributed by atoms with Crippen LogP contribution < -0.4 is 0 Å². The van der Waals surface area contributed by atoms with Gasteiger partial charge in [-0.25, -0.2) is 0 Å². The summed E-state index contributed by atoms with van der Waals surface area (Å²) in [7, 11) is 0. The van der Waals surface area contributed by atoms with Gasteiger partial charge in [0.2, 0.25) is 0 Å². The van der Waals surface area contributed by atoms with Gasteiger partial charge in [0.15, 0.2) is 5.78 Å². The Morgan fingerprint density at radius 2 is 1.85 bits per heavy atom. The van der Waals surface area contributed by atoms with Crippen molar-refractivity contribution in [3.63, 3.8) is 0 Å². The van der Waals surface area contributed by atoms with E-state index in [-0.39, 0.29) is 17.0 Å². The fourth-order valence-electron chi connectivity index (χ4n) is 9.48. The van der Waals surface area contributed by atoms with Crippen LogP contribution in [0.5, 0.6) is 0 Å². The van der Waals surface area contributed by atoms with E-state index in [4.69, 9.17) is 4.74 Å². The van der Waals surface area contributed by atoms with E-state index in [1.54, 1.807) is 5.57 Å². The van der Waals surface area contributed by atoms with Crippen molar-refractivity contribution in [2.45, 2.75) is 76.7 Å². The Hall–Kier alpha value is -1.12. The highest BCUT2D eigenvalue weighted by Gasteiger charge is 2.79. The van der Waals surface area contributed by atoms with E-state index in [1.165, 1.54) is 38.5 Å². The summed E-state index contributed by atoms with van der Waals surface area (Å²) in [4.78, 5) is 24.3. The number of hydrogen-bond donors (Lipinski definition) is 0. The SMILES string of the molecule is CC12CCC3C4CCC(=O)C=C4C4(CC4)CC3C1[C@H]1CC1[C@@]21CCC(=O)O1. The van der Waals surface area contributed by atoms with Gasteiger partial charge < -0.3 is 4.74 Å². The lowest BCUT2D eigenvalue weighted by molar-refractivity contribution is -0.175. The molecule has 3 nitrogen and oxygen atoms in total. The van der Waals surface area contributed by atoms with E-state index in [1.807, 2.05) is 0 Å². The van der Waals surface area contributed by atoms with Crippen molar-refractivity contribution >= 4 is 11.8 Å². The van der Waals surface area contributed by atoms with Crippen LogP contribution in [0.4, 0.5) is 0 Å². The van der Waals surface area contributed by atoms with Crippen LogP contribution in [0.3, 0.4) is 0 Å². The Labute approximate surface area is 161 Å². The van der Waals surface area contributed by atoms with Crippen molar-refractivity contribution in [3.8, 4) is 0 Å². The fourth-order valence-corrected chi connectivity index (χ4v) is 9.48. The van der Waals surface area contributed by atoms with Crippen molar-refractivity contribution in [1.29, 1.82) is 0 Å². The third-order valence-corrected chi connectivity index (χ3v) is 10.6.